The second kappa shape index (κ2) is 4.69. The maximum atomic E-state index is 4.65. The lowest BCUT2D eigenvalue weighted by Crippen LogP contribution is -1.91. The highest BCUT2D eigenvalue weighted by Gasteiger charge is 2.05. The highest BCUT2D eigenvalue weighted by Crippen LogP contribution is 2.25. The van der Waals surface area contributed by atoms with E-state index in [0.717, 1.165) is 17.0 Å². The lowest BCUT2D eigenvalue weighted by molar-refractivity contribution is 1.25. The zero-order chi connectivity index (χ0) is 13.2. The van der Waals surface area contributed by atoms with Gasteiger partial charge in [0.2, 0.25) is 0 Å². The van der Waals surface area contributed by atoms with Gasteiger partial charge in [-0.25, -0.2) is 4.98 Å². The molecule has 0 aliphatic rings. The molecule has 0 aliphatic heterocycles. The fourth-order valence-corrected chi connectivity index (χ4v) is 2.29. The molecule has 0 N–H and O–H groups in total. The number of aromatic nitrogens is 1. The standard InChI is InChI=1S/C18H15N/c1-3-17-11-8-13(2)18(19-17)16-10-9-14-6-4-5-7-15(14)12-16/h3-12H,1H2,2H3. The van der Waals surface area contributed by atoms with Crippen LogP contribution < -0.4 is 0 Å². The van der Waals surface area contributed by atoms with Crippen LogP contribution in [0.4, 0.5) is 0 Å². The van der Waals surface area contributed by atoms with E-state index in [2.05, 4.69) is 67.0 Å². The maximum absolute atomic E-state index is 4.65. The summed E-state index contributed by atoms with van der Waals surface area (Å²) in [5.74, 6) is 0. The highest BCUT2D eigenvalue weighted by molar-refractivity contribution is 5.87. The second-order valence-corrected chi connectivity index (χ2v) is 4.67. The van der Waals surface area contributed by atoms with E-state index < -0.39 is 0 Å². The molecule has 1 heterocycles. The Kier molecular flexibility index (Phi) is 2.88. The minimum absolute atomic E-state index is 0.911. The molecule has 2 aromatic carbocycles. The van der Waals surface area contributed by atoms with Gasteiger partial charge >= 0.3 is 0 Å². The molecular formula is C18H15N. The smallest absolute Gasteiger partial charge is 0.0738 e. The predicted octanol–water partition coefficient (Wildman–Crippen LogP) is 4.85. The summed E-state index contributed by atoms with van der Waals surface area (Å²) in [6.07, 6.45) is 1.78. The third-order valence-electron chi connectivity index (χ3n) is 3.35. The van der Waals surface area contributed by atoms with Crippen molar-refractivity contribution in [1.29, 1.82) is 0 Å². The van der Waals surface area contributed by atoms with Gasteiger partial charge in [-0.2, -0.15) is 0 Å². The predicted molar refractivity (Wildman–Crippen MR) is 82.0 cm³/mol. The first-order valence-corrected chi connectivity index (χ1v) is 6.37. The molecular weight excluding hydrogens is 230 g/mol. The first-order valence-electron chi connectivity index (χ1n) is 6.37. The van der Waals surface area contributed by atoms with Crippen LogP contribution in [-0.2, 0) is 0 Å². The van der Waals surface area contributed by atoms with Crippen LogP contribution in [-0.4, -0.2) is 4.98 Å². The average molecular weight is 245 g/mol. The summed E-state index contributed by atoms with van der Waals surface area (Å²) in [5, 5.41) is 2.49. The molecule has 0 spiro atoms. The fourth-order valence-electron chi connectivity index (χ4n) is 2.29. The van der Waals surface area contributed by atoms with Crippen LogP contribution in [0.5, 0.6) is 0 Å². The van der Waals surface area contributed by atoms with Crippen molar-refractivity contribution >= 4 is 16.8 Å². The number of fused-ring (bicyclic) bond motifs is 1. The highest BCUT2D eigenvalue weighted by atomic mass is 14.7. The van der Waals surface area contributed by atoms with Crippen molar-refractivity contribution in [2.45, 2.75) is 6.92 Å². The van der Waals surface area contributed by atoms with E-state index in [0.29, 0.717) is 0 Å². The number of aryl methyl sites for hydroxylation is 1. The summed E-state index contributed by atoms with van der Waals surface area (Å²) < 4.78 is 0. The van der Waals surface area contributed by atoms with Crippen molar-refractivity contribution in [2.75, 3.05) is 0 Å². The number of hydrogen-bond acceptors (Lipinski definition) is 1. The Morgan fingerprint density at radius 2 is 1.74 bits per heavy atom. The molecule has 1 nitrogen and oxygen atoms in total. The minimum atomic E-state index is 0.911. The number of rotatable bonds is 2. The van der Waals surface area contributed by atoms with E-state index in [1.807, 2.05) is 6.07 Å². The molecule has 19 heavy (non-hydrogen) atoms. The zero-order valence-electron chi connectivity index (χ0n) is 10.9. The lowest BCUT2D eigenvalue weighted by Gasteiger charge is -2.07. The van der Waals surface area contributed by atoms with Gasteiger partial charge in [0.15, 0.2) is 0 Å². The van der Waals surface area contributed by atoms with Gasteiger partial charge < -0.3 is 0 Å². The minimum Gasteiger partial charge on any atom is -0.248 e. The summed E-state index contributed by atoms with van der Waals surface area (Å²) >= 11 is 0. The summed E-state index contributed by atoms with van der Waals surface area (Å²) in [6.45, 7) is 5.87. The van der Waals surface area contributed by atoms with Crippen molar-refractivity contribution in [1.82, 2.24) is 4.98 Å². The topological polar surface area (TPSA) is 12.9 Å². The van der Waals surface area contributed by atoms with Crippen LogP contribution in [0, 0.1) is 6.92 Å². The molecule has 0 fully saturated rings. The first kappa shape index (κ1) is 11.7. The van der Waals surface area contributed by atoms with Gasteiger partial charge in [-0.1, -0.05) is 49.0 Å². The third-order valence-corrected chi connectivity index (χ3v) is 3.35. The lowest BCUT2D eigenvalue weighted by atomic mass is 10.0. The quantitative estimate of drug-likeness (QED) is 0.628. The normalized spacial score (nSPS) is 10.6. The maximum Gasteiger partial charge on any atom is 0.0738 e. The van der Waals surface area contributed by atoms with Crippen molar-refractivity contribution < 1.29 is 0 Å². The Labute approximate surface area is 113 Å². The molecule has 0 atom stereocenters. The van der Waals surface area contributed by atoms with Crippen LogP contribution in [0.3, 0.4) is 0 Å². The Bertz CT molecular complexity index is 756. The van der Waals surface area contributed by atoms with Gasteiger partial charge in [0.25, 0.3) is 0 Å². The monoisotopic (exact) mass is 245 g/mol. The third kappa shape index (κ3) is 2.15. The van der Waals surface area contributed by atoms with E-state index in [-0.39, 0.29) is 0 Å². The molecule has 0 aliphatic carbocycles. The average Bonchev–Trinajstić information content (AvgIpc) is 2.47. The van der Waals surface area contributed by atoms with E-state index in [4.69, 9.17) is 0 Å². The fraction of sp³-hybridized carbons (Fsp3) is 0.0556. The Morgan fingerprint density at radius 1 is 0.947 bits per heavy atom. The van der Waals surface area contributed by atoms with Crippen molar-refractivity contribution in [3.63, 3.8) is 0 Å². The Balaban J connectivity index is 2.21. The molecule has 0 amide bonds. The van der Waals surface area contributed by atoms with Gasteiger partial charge in [0, 0.05) is 5.56 Å². The van der Waals surface area contributed by atoms with Crippen LogP contribution in [0.2, 0.25) is 0 Å². The van der Waals surface area contributed by atoms with Gasteiger partial charge in [-0.15, -0.1) is 0 Å². The van der Waals surface area contributed by atoms with Crippen LogP contribution in [0.25, 0.3) is 28.1 Å². The summed E-state index contributed by atoms with van der Waals surface area (Å²) in [4.78, 5) is 4.65. The van der Waals surface area contributed by atoms with E-state index in [9.17, 15) is 0 Å². The van der Waals surface area contributed by atoms with Crippen LogP contribution >= 0.6 is 0 Å². The molecule has 1 aromatic heterocycles. The molecule has 0 saturated heterocycles. The molecule has 0 saturated carbocycles. The van der Waals surface area contributed by atoms with Gasteiger partial charge in [0.05, 0.1) is 11.4 Å². The molecule has 3 rings (SSSR count). The largest absolute Gasteiger partial charge is 0.248 e. The molecule has 0 unspecified atom stereocenters. The van der Waals surface area contributed by atoms with Gasteiger partial charge in [0.1, 0.15) is 0 Å². The van der Waals surface area contributed by atoms with Crippen LogP contribution in [0.15, 0.2) is 61.2 Å². The van der Waals surface area contributed by atoms with Crippen molar-refractivity contribution in [3.8, 4) is 11.3 Å². The SMILES string of the molecule is C=Cc1ccc(C)c(-c2ccc3ccccc3c2)n1. The molecule has 3 aromatic rings. The Hall–Kier alpha value is -2.41. The van der Waals surface area contributed by atoms with Crippen molar-refractivity contribution in [3.05, 3.63) is 72.4 Å². The van der Waals surface area contributed by atoms with Crippen LogP contribution in [0.1, 0.15) is 11.3 Å². The Morgan fingerprint density at radius 3 is 2.53 bits per heavy atom. The van der Waals surface area contributed by atoms with Gasteiger partial charge in [-0.3, -0.25) is 0 Å². The first-order chi connectivity index (χ1) is 9.28. The zero-order valence-corrected chi connectivity index (χ0v) is 10.9. The summed E-state index contributed by atoms with van der Waals surface area (Å²) in [6, 6.07) is 18.9. The second-order valence-electron chi connectivity index (χ2n) is 4.67. The summed E-state index contributed by atoms with van der Waals surface area (Å²) in [5.41, 5.74) is 4.28. The molecule has 0 bridgehead atoms. The number of hydrogen-bond donors (Lipinski definition) is 0. The number of nitrogens with zero attached hydrogens (tertiary/aromatic N) is 1. The molecule has 0 radical (unpaired) electrons. The van der Waals surface area contributed by atoms with Gasteiger partial charge in [-0.05, 0) is 41.5 Å². The molecule has 92 valence electrons. The summed E-state index contributed by atoms with van der Waals surface area (Å²) in [7, 11) is 0. The number of benzene rings is 2. The van der Waals surface area contributed by atoms with E-state index >= 15 is 0 Å². The van der Waals surface area contributed by atoms with E-state index in [1.54, 1.807) is 6.08 Å². The van der Waals surface area contributed by atoms with E-state index in [1.165, 1.54) is 16.3 Å². The van der Waals surface area contributed by atoms with Crippen molar-refractivity contribution in [2.24, 2.45) is 0 Å². The molecule has 1 heteroatoms. The number of pyridine rings is 1.